The predicted molar refractivity (Wildman–Crippen MR) is 103 cm³/mol. The van der Waals surface area contributed by atoms with E-state index in [4.69, 9.17) is 9.47 Å². The van der Waals surface area contributed by atoms with Crippen molar-refractivity contribution >= 4 is 5.69 Å². The number of nitrogens with zero attached hydrogens (tertiary/aromatic N) is 3. The second-order valence-electron chi connectivity index (χ2n) is 6.70. The molecular formula is C20H25N3O4. The van der Waals surface area contributed by atoms with Gasteiger partial charge in [-0.15, -0.1) is 0 Å². The van der Waals surface area contributed by atoms with Crippen molar-refractivity contribution in [2.75, 3.05) is 40.4 Å². The standard InChI is InChI=1S/C20H25N3O4/c1-26-19-11-17(12-20(13-19)27-2)15-22-9-7-21(8-10-22)14-16-3-5-18(6-4-16)23(24)25/h3-6,11-13H,7-10,14-15H2,1-2H3. The van der Waals surface area contributed by atoms with Crippen molar-refractivity contribution in [3.8, 4) is 11.5 Å². The summed E-state index contributed by atoms with van der Waals surface area (Å²) in [7, 11) is 3.32. The molecule has 0 amide bonds. The molecule has 0 saturated carbocycles. The van der Waals surface area contributed by atoms with Gasteiger partial charge in [0, 0.05) is 57.5 Å². The van der Waals surface area contributed by atoms with Gasteiger partial charge in [-0.1, -0.05) is 12.1 Å². The van der Waals surface area contributed by atoms with E-state index in [0.29, 0.717) is 0 Å². The van der Waals surface area contributed by atoms with Crippen molar-refractivity contribution in [2.45, 2.75) is 13.1 Å². The fourth-order valence-electron chi connectivity index (χ4n) is 3.30. The van der Waals surface area contributed by atoms with Crippen LogP contribution in [0.25, 0.3) is 0 Å². The zero-order chi connectivity index (χ0) is 19.2. The minimum absolute atomic E-state index is 0.136. The van der Waals surface area contributed by atoms with Crippen molar-refractivity contribution in [3.63, 3.8) is 0 Å². The molecule has 0 N–H and O–H groups in total. The molecule has 2 aromatic carbocycles. The molecule has 0 aromatic heterocycles. The van der Waals surface area contributed by atoms with E-state index < -0.39 is 0 Å². The van der Waals surface area contributed by atoms with Gasteiger partial charge in [-0.2, -0.15) is 0 Å². The van der Waals surface area contributed by atoms with Gasteiger partial charge in [0.05, 0.1) is 19.1 Å². The summed E-state index contributed by atoms with van der Waals surface area (Å²) in [6.07, 6.45) is 0. The molecule has 1 heterocycles. The Kier molecular flexibility index (Phi) is 6.26. The van der Waals surface area contributed by atoms with Gasteiger partial charge in [0.1, 0.15) is 11.5 Å². The summed E-state index contributed by atoms with van der Waals surface area (Å²) >= 11 is 0. The summed E-state index contributed by atoms with van der Waals surface area (Å²) < 4.78 is 10.7. The largest absolute Gasteiger partial charge is 0.497 e. The smallest absolute Gasteiger partial charge is 0.269 e. The third kappa shape index (κ3) is 5.18. The van der Waals surface area contributed by atoms with Crippen LogP contribution in [0.4, 0.5) is 5.69 Å². The van der Waals surface area contributed by atoms with E-state index >= 15 is 0 Å². The number of methoxy groups -OCH3 is 2. The minimum Gasteiger partial charge on any atom is -0.497 e. The first-order chi connectivity index (χ1) is 13.1. The Balaban J connectivity index is 1.52. The van der Waals surface area contributed by atoms with Gasteiger partial charge in [0.25, 0.3) is 5.69 Å². The van der Waals surface area contributed by atoms with Crippen LogP contribution in [0.5, 0.6) is 11.5 Å². The highest BCUT2D eigenvalue weighted by Gasteiger charge is 2.18. The molecule has 7 nitrogen and oxygen atoms in total. The molecule has 1 saturated heterocycles. The zero-order valence-corrected chi connectivity index (χ0v) is 15.8. The Morgan fingerprint density at radius 3 is 1.78 bits per heavy atom. The molecule has 7 heteroatoms. The van der Waals surface area contributed by atoms with Crippen LogP contribution in [0.1, 0.15) is 11.1 Å². The minimum atomic E-state index is -0.365. The van der Waals surface area contributed by atoms with Crippen molar-refractivity contribution in [1.82, 2.24) is 9.80 Å². The van der Waals surface area contributed by atoms with E-state index in [1.54, 1.807) is 26.4 Å². The van der Waals surface area contributed by atoms with Crippen molar-refractivity contribution in [3.05, 3.63) is 63.7 Å². The van der Waals surface area contributed by atoms with Crippen molar-refractivity contribution in [1.29, 1.82) is 0 Å². The Labute approximate surface area is 159 Å². The van der Waals surface area contributed by atoms with E-state index in [9.17, 15) is 10.1 Å². The molecule has 0 unspecified atom stereocenters. The number of non-ortho nitro benzene ring substituents is 1. The molecular weight excluding hydrogens is 346 g/mol. The summed E-state index contributed by atoms with van der Waals surface area (Å²) in [6.45, 7) is 5.58. The maximum Gasteiger partial charge on any atom is 0.269 e. The maximum absolute atomic E-state index is 10.7. The predicted octanol–water partition coefficient (Wildman–Crippen LogP) is 2.93. The fourth-order valence-corrected chi connectivity index (χ4v) is 3.30. The van der Waals surface area contributed by atoms with Gasteiger partial charge in [0.15, 0.2) is 0 Å². The Bertz CT molecular complexity index is 749. The SMILES string of the molecule is COc1cc(CN2CCN(Cc3ccc([N+](=O)[O-])cc3)CC2)cc(OC)c1. The van der Waals surface area contributed by atoms with E-state index in [-0.39, 0.29) is 10.6 Å². The highest BCUT2D eigenvalue weighted by atomic mass is 16.6. The number of piperazine rings is 1. The van der Waals surface area contributed by atoms with Gasteiger partial charge in [-0.05, 0) is 23.3 Å². The topological polar surface area (TPSA) is 68.1 Å². The summed E-state index contributed by atoms with van der Waals surface area (Å²) in [4.78, 5) is 15.2. The van der Waals surface area contributed by atoms with Crippen LogP contribution in [0.15, 0.2) is 42.5 Å². The molecule has 3 rings (SSSR count). The average Bonchev–Trinajstić information content (AvgIpc) is 2.69. The first kappa shape index (κ1) is 19.1. The van der Waals surface area contributed by atoms with Crippen molar-refractivity contribution in [2.24, 2.45) is 0 Å². The zero-order valence-electron chi connectivity index (χ0n) is 15.8. The van der Waals surface area contributed by atoms with Gasteiger partial charge in [-0.3, -0.25) is 19.9 Å². The Morgan fingerprint density at radius 2 is 1.33 bits per heavy atom. The van der Waals surface area contributed by atoms with E-state index in [2.05, 4.69) is 9.80 Å². The number of nitro groups is 1. The number of nitro benzene ring substituents is 1. The lowest BCUT2D eigenvalue weighted by Gasteiger charge is -2.34. The number of rotatable bonds is 7. The second-order valence-corrected chi connectivity index (χ2v) is 6.70. The van der Waals surface area contributed by atoms with E-state index in [1.807, 2.05) is 30.3 Å². The fraction of sp³-hybridized carbons (Fsp3) is 0.400. The average molecular weight is 371 g/mol. The van der Waals surface area contributed by atoms with Crippen LogP contribution < -0.4 is 9.47 Å². The molecule has 1 aliphatic heterocycles. The van der Waals surface area contributed by atoms with Crippen LogP contribution in [-0.4, -0.2) is 55.1 Å². The van der Waals surface area contributed by atoms with Gasteiger partial charge in [0.2, 0.25) is 0 Å². The molecule has 0 bridgehead atoms. The summed E-state index contributed by atoms with van der Waals surface area (Å²) in [6, 6.07) is 12.8. The maximum atomic E-state index is 10.7. The van der Waals surface area contributed by atoms with Crippen LogP contribution >= 0.6 is 0 Å². The number of hydrogen-bond acceptors (Lipinski definition) is 6. The summed E-state index contributed by atoms with van der Waals surface area (Å²) in [5, 5.41) is 10.7. The molecule has 1 fully saturated rings. The van der Waals surface area contributed by atoms with Crippen LogP contribution in [-0.2, 0) is 13.1 Å². The lowest BCUT2D eigenvalue weighted by molar-refractivity contribution is -0.384. The molecule has 0 aliphatic carbocycles. The number of ether oxygens (including phenoxy) is 2. The molecule has 1 aliphatic rings. The first-order valence-electron chi connectivity index (χ1n) is 8.97. The highest BCUT2D eigenvalue weighted by molar-refractivity contribution is 5.38. The van der Waals surface area contributed by atoms with E-state index in [1.165, 1.54) is 5.56 Å². The number of benzene rings is 2. The third-order valence-corrected chi connectivity index (χ3v) is 4.84. The Morgan fingerprint density at radius 1 is 0.852 bits per heavy atom. The van der Waals surface area contributed by atoms with E-state index in [0.717, 1.165) is 56.3 Å². The summed E-state index contributed by atoms with van der Waals surface area (Å²) in [5.41, 5.74) is 2.42. The monoisotopic (exact) mass is 371 g/mol. The quantitative estimate of drug-likeness (QED) is 0.551. The second kappa shape index (κ2) is 8.83. The highest BCUT2D eigenvalue weighted by Crippen LogP contribution is 2.24. The van der Waals surface area contributed by atoms with Gasteiger partial charge in [-0.25, -0.2) is 0 Å². The molecule has 144 valence electrons. The van der Waals surface area contributed by atoms with Gasteiger partial charge < -0.3 is 9.47 Å². The molecule has 0 spiro atoms. The van der Waals surface area contributed by atoms with Crippen LogP contribution in [0.3, 0.4) is 0 Å². The van der Waals surface area contributed by atoms with Crippen LogP contribution in [0.2, 0.25) is 0 Å². The molecule has 27 heavy (non-hydrogen) atoms. The molecule has 2 aromatic rings. The Hall–Kier alpha value is -2.64. The lowest BCUT2D eigenvalue weighted by atomic mass is 10.1. The molecule has 0 atom stereocenters. The summed E-state index contributed by atoms with van der Waals surface area (Å²) in [5.74, 6) is 1.61. The van der Waals surface area contributed by atoms with Crippen molar-refractivity contribution < 1.29 is 14.4 Å². The first-order valence-corrected chi connectivity index (χ1v) is 8.97. The lowest BCUT2D eigenvalue weighted by Crippen LogP contribution is -2.45. The number of hydrogen-bond donors (Lipinski definition) is 0. The normalized spacial score (nSPS) is 15.5. The van der Waals surface area contributed by atoms with Gasteiger partial charge >= 0.3 is 0 Å². The van der Waals surface area contributed by atoms with Crippen LogP contribution in [0, 0.1) is 10.1 Å². The molecule has 0 radical (unpaired) electrons. The third-order valence-electron chi connectivity index (χ3n) is 4.84.